The van der Waals surface area contributed by atoms with E-state index in [4.69, 9.17) is 0 Å². The minimum atomic E-state index is -0.207. The molecule has 1 aromatic heterocycles. The maximum atomic E-state index is 12.2. The largest absolute Gasteiger partial charge is 0.325 e. The highest BCUT2D eigenvalue weighted by Gasteiger charge is 2.32. The average Bonchev–Trinajstić information content (AvgIpc) is 3.27. The molecule has 2 aliphatic heterocycles. The molecule has 2 fully saturated rings. The molecule has 2 aromatic rings. The van der Waals surface area contributed by atoms with Crippen molar-refractivity contribution < 1.29 is 14.4 Å². The third-order valence-electron chi connectivity index (χ3n) is 4.26. The Hall–Kier alpha value is -2.48. The first-order valence-electron chi connectivity index (χ1n) is 7.94. The summed E-state index contributed by atoms with van der Waals surface area (Å²) in [6.45, 7) is 1.58. The lowest BCUT2D eigenvalue weighted by Gasteiger charge is -2.16. The number of likely N-dealkylation sites (tertiary alicyclic amines) is 1. The molecule has 24 heavy (non-hydrogen) atoms. The van der Waals surface area contributed by atoms with E-state index in [-0.39, 0.29) is 30.7 Å². The zero-order valence-electron chi connectivity index (χ0n) is 12.9. The number of hydrogen-bond acceptors (Lipinski definition) is 5. The summed E-state index contributed by atoms with van der Waals surface area (Å²) in [4.78, 5) is 43.1. The van der Waals surface area contributed by atoms with Crippen LogP contribution in [-0.2, 0) is 9.59 Å². The van der Waals surface area contributed by atoms with Crippen LogP contribution in [0, 0.1) is 0 Å². The van der Waals surface area contributed by atoms with Gasteiger partial charge in [0.2, 0.25) is 11.8 Å². The molecular weight excluding hydrogens is 328 g/mol. The van der Waals surface area contributed by atoms with Crippen molar-refractivity contribution in [1.29, 1.82) is 0 Å². The van der Waals surface area contributed by atoms with Crippen LogP contribution in [0.2, 0.25) is 0 Å². The molecule has 0 aliphatic carbocycles. The third-order valence-corrected chi connectivity index (χ3v) is 5.27. The molecule has 0 saturated carbocycles. The normalized spacial score (nSPS) is 18.0. The van der Waals surface area contributed by atoms with Crippen LogP contribution >= 0.6 is 11.3 Å². The van der Waals surface area contributed by atoms with Crippen molar-refractivity contribution in [3.8, 4) is 0 Å². The lowest BCUT2D eigenvalue weighted by Crippen LogP contribution is -2.32. The van der Waals surface area contributed by atoms with Crippen LogP contribution in [0.15, 0.2) is 18.2 Å². The van der Waals surface area contributed by atoms with Gasteiger partial charge in [0.05, 0.1) is 10.2 Å². The summed E-state index contributed by atoms with van der Waals surface area (Å²) in [6, 6.07) is 5.31. The SMILES string of the molecule is O=C(Nc1ccc2nc(N3C(=O)CCC3=O)sc2c1)N1CCCC1. The van der Waals surface area contributed by atoms with Crippen LogP contribution in [-0.4, -0.2) is 40.8 Å². The quantitative estimate of drug-likeness (QED) is 0.849. The van der Waals surface area contributed by atoms with Crippen molar-refractivity contribution in [1.82, 2.24) is 9.88 Å². The molecule has 2 aliphatic rings. The molecular formula is C16H16N4O3S. The van der Waals surface area contributed by atoms with Gasteiger partial charge in [-0.25, -0.2) is 14.7 Å². The highest BCUT2D eigenvalue weighted by molar-refractivity contribution is 7.22. The second-order valence-electron chi connectivity index (χ2n) is 5.93. The molecule has 3 heterocycles. The summed E-state index contributed by atoms with van der Waals surface area (Å²) >= 11 is 1.28. The van der Waals surface area contributed by atoms with Gasteiger partial charge in [0.25, 0.3) is 0 Å². The van der Waals surface area contributed by atoms with Crippen molar-refractivity contribution in [2.45, 2.75) is 25.7 Å². The van der Waals surface area contributed by atoms with Gasteiger partial charge in [-0.15, -0.1) is 0 Å². The van der Waals surface area contributed by atoms with Crippen LogP contribution in [0.5, 0.6) is 0 Å². The molecule has 2 saturated heterocycles. The van der Waals surface area contributed by atoms with Crippen molar-refractivity contribution in [2.75, 3.05) is 23.3 Å². The van der Waals surface area contributed by atoms with Crippen molar-refractivity contribution in [3.05, 3.63) is 18.2 Å². The van der Waals surface area contributed by atoms with E-state index in [9.17, 15) is 14.4 Å². The summed E-state index contributed by atoms with van der Waals surface area (Å²) < 4.78 is 0.830. The van der Waals surface area contributed by atoms with Gasteiger partial charge in [-0.05, 0) is 31.0 Å². The number of imide groups is 1. The zero-order valence-corrected chi connectivity index (χ0v) is 13.8. The van der Waals surface area contributed by atoms with E-state index < -0.39 is 0 Å². The van der Waals surface area contributed by atoms with Gasteiger partial charge in [0.1, 0.15) is 0 Å². The van der Waals surface area contributed by atoms with Crippen LogP contribution < -0.4 is 10.2 Å². The highest BCUT2D eigenvalue weighted by atomic mass is 32.1. The molecule has 0 unspecified atom stereocenters. The minimum Gasteiger partial charge on any atom is -0.325 e. The van der Waals surface area contributed by atoms with E-state index in [2.05, 4.69) is 10.3 Å². The summed E-state index contributed by atoms with van der Waals surface area (Å²) in [5.74, 6) is -0.414. The van der Waals surface area contributed by atoms with Gasteiger partial charge < -0.3 is 10.2 Å². The van der Waals surface area contributed by atoms with Gasteiger partial charge in [0, 0.05) is 31.6 Å². The van der Waals surface area contributed by atoms with Gasteiger partial charge in [-0.3, -0.25) is 9.59 Å². The molecule has 124 valence electrons. The first-order valence-corrected chi connectivity index (χ1v) is 8.76. The molecule has 1 N–H and O–H groups in total. The fraction of sp³-hybridized carbons (Fsp3) is 0.375. The number of thiazole rings is 1. The lowest BCUT2D eigenvalue weighted by atomic mass is 10.3. The fourth-order valence-corrected chi connectivity index (χ4v) is 4.04. The maximum Gasteiger partial charge on any atom is 0.321 e. The molecule has 4 rings (SSSR count). The standard InChI is InChI=1S/C16H16N4O3S/c21-13-5-6-14(22)20(13)16-18-11-4-3-10(9-12(11)24-16)17-15(23)19-7-1-2-8-19/h3-4,9H,1-2,5-8H2,(H,17,23). The molecule has 4 amide bonds. The topological polar surface area (TPSA) is 82.6 Å². The number of nitrogens with one attached hydrogen (secondary N) is 1. The number of carbonyl (C=O) groups is 3. The number of nitrogens with zero attached hydrogens (tertiary/aromatic N) is 3. The number of aromatic nitrogens is 1. The Kier molecular flexibility index (Phi) is 3.68. The van der Waals surface area contributed by atoms with Crippen molar-refractivity contribution in [2.24, 2.45) is 0 Å². The molecule has 0 bridgehead atoms. The van der Waals surface area contributed by atoms with E-state index in [0.29, 0.717) is 16.3 Å². The van der Waals surface area contributed by atoms with Crippen LogP contribution in [0.4, 0.5) is 15.6 Å². The number of rotatable bonds is 2. The second-order valence-corrected chi connectivity index (χ2v) is 6.94. The van der Waals surface area contributed by atoms with Gasteiger partial charge in [-0.2, -0.15) is 0 Å². The van der Waals surface area contributed by atoms with E-state index >= 15 is 0 Å². The number of carbonyl (C=O) groups excluding carboxylic acids is 3. The second kappa shape index (κ2) is 5.86. The fourth-order valence-electron chi connectivity index (χ4n) is 3.00. The van der Waals surface area contributed by atoms with E-state index in [1.807, 2.05) is 6.07 Å². The lowest BCUT2D eigenvalue weighted by molar-refractivity contribution is -0.121. The molecule has 0 spiro atoms. The summed E-state index contributed by atoms with van der Waals surface area (Å²) in [7, 11) is 0. The average molecular weight is 344 g/mol. The summed E-state index contributed by atoms with van der Waals surface area (Å²) in [6.07, 6.45) is 2.57. The Morgan fingerprint density at radius 1 is 1.12 bits per heavy atom. The minimum absolute atomic E-state index is 0.0958. The highest BCUT2D eigenvalue weighted by Crippen LogP contribution is 2.33. The van der Waals surface area contributed by atoms with Gasteiger partial charge in [0.15, 0.2) is 5.13 Å². The number of anilines is 2. The number of urea groups is 1. The van der Waals surface area contributed by atoms with E-state index in [1.165, 1.54) is 11.3 Å². The predicted molar refractivity (Wildman–Crippen MR) is 91.2 cm³/mol. The zero-order chi connectivity index (χ0) is 16.7. The van der Waals surface area contributed by atoms with Gasteiger partial charge in [-0.1, -0.05) is 11.3 Å². The number of benzene rings is 1. The van der Waals surface area contributed by atoms with Crippen LogP contribution in [0.25, 0.3) is 10.2 Å². The van der Waals surface area contributed by atoms with E-state index in [1.54, 1.807) is 17.0 Å². The third kappa shape index (κ3) is 2.62. The monoisotopic (exact) mass is 344 g/mol. The van der Waals surface area contributed by atoms with Crippen molar-refractivity contribution >= 4 is 50.2 Å². The Balaban J connectivity index is 1.58. The Morgan fingerprint density at radius 3 is 2.54 bits per heavy atom. The number of hydrogen-bond donors (Lipinski definition) is 1. The summed E-state index contributed by atoms with van der Waals surface area (Å²) in [5.41, 5.74) is 1.40. The molecule has 7 nitrogen and oxygen atoms in total. The van der Waals surface area contributed by atoms with Crippen molar-refractivity contribution in [3.63, 3.8) is 0 Å². The Bertz CT molecular complexity index is 825. The first kappa shape index (κ1) is 15.1. The Morgan fingerprint density at radius 2 is 1.83 bits per heavy atom. The van der Waals surface area contributed by atoms with Crippen LogP contribution in [0.3, 0.4) is 0 Å². The van der Waals surface area contributed by atoms with Gasteiger partial charge >= 0.3 is 6.03 Å². The smallest absolute Gasteiger partial charge is 0.321 e. The van der Waals surface area contributed by atoms with Crippen LogP contribution in [0.1, 0.15) is 25.7 Å². The maximum absolute atomic E-state index is 12.2. The first-order chi connectivity index (χ1) is 11.6. The van der Waals surface area contributed by atoms with E-state index in [0.717, 1.165) is 35.5 Å². The molecule has 8 heteroatoms. The number of amides is 4. The Labute approximate surface area is 142 Å². The molecule has 0 radical (unpaired) electrons. The molecule has 0 atom stereocenters. The number of fused-ring (bicyclic) bond motifs is 1. The predicted octanol–water partition coefficient (Wildman–Crippen LogP) is 2.58. The molecule has 1 aromatic carbocycles. The summed E-state index contributed by atoms with van der Waals surface area (Å²) in [5, 5.41) is 3.29.